The Hall–Kier alpha value is -1.85. The minimum atomic E-state index is -1.07. The fourth-order valence-corrected chi connectivity index (χ4v) is 0.775. The molecule has 0 rings (SSSR count). The van der Waals surface area contributed by atoms with Crippen LogP contribution in [0.3, 0.4) is 0 Å². The maximum Gasteiger partial charge on any atom is 0.314 e. The number of carbonyl (C=O) groups is 3. The van der Waals surface area contributed by atoms with Gasteiger partial charge in [-0.05, 0) is 6.92 Å². The first-order valence-electron chi connectivity index (χ1n) is 4.65. The van der Waals surface area contributed by atoms with E-state index in [4.69, 9.17) is 5.11 Å². The number of aliphatic carboxylic acids is 1. The number of ether oxygens (including phenoxy) is 2. The maximum absolute atomic E-state index is 10.9. The Labute approximate surface area is 92.8 Å². The molecule has 0 heterocycles. The number of hydrogen-bond acceptors (Lipinski definition) is 5. The summed E-state index contributed by atoms with van der Waals surface area (Å²) in [5.74, 6) is -2.00. The van der Waals surface area contributed by atoms with Gasteiger partial charge in [0, 0.05) is 0 Å². The molecule has 0 aromatic carbocycles. The Kier molecular flexibility index (Phi) is 6.58. The van der Waals surface area contributed by atoms with Crippen LogP contribution < -0.4 is 0 Å². The summed E-state index contributed by atoms with van der Waals surface area (Å²) in [4.78, 5) is 31.9. The highest BCUT2D eigenvalue weighted by atomic mass is 16.5. The third kappa shape index (κ3) is 8.74. The molecule has 6 heteroatoms. The Bertz CT molecular complexity index is 294. The lowest BCUT2D eigenvalue weighted by Gasteiger charge is -2.04. The Morgan fingerprint density at radius 3 is 2.25 bits per heavy atom. The molecule has 16 heavy (non-hydrogen) atoms. The normalized spacial score (nSPS) is 9.31. The van der Waals surface area contributed by atoms with E-state index < -0.39 is 17.9 Å². The van der Waals surface area contributed by atoms with Crippen molar-refractivity contribution in [2.75, 3.05) is 6.61 Å². The van der Waals surface area contributed by atoms with E-state index in [-0.39, 0.29) is 31.6 Å². The Balaban J connectivity index is 3.58. The molecule has 0 aromatic rings. The quantitative estimate of drug-likeness (QED) is 0.515. The summed E-state index contributed by atoms with van der Waals surface area (Å²) in [7, 11) is 0. The van der Waals surface area contributed by atoms with E-state index in [1.807, 2.05) is 0 Å². The first kappa shape index (κ1) is 14.2. The minimum Gasteiger partial charge on any atom is -0.481 e. The van der Waals surface area contributed by atoms with E-state index in [0.29, 0.717) is 0 Å². The van der Waals surface area contributed by atoms with Crippen molar-refractivity contribution in [3.8, 4) is 0 Å². The zero-order valence-corrected chi connectivity index (χ0v) is 9.02. The monoisotopic (exact) mass is 230 g/mol. The number of rotatable bonds is 7. The van der Waals surface area contributed by atoms with Crippen LogP contribution in [0.4, 0.5) is 0 Å². The predicted octanol–water partition coefficient (Wildman–Crippen LogP) is 0.861. The second-order valence-corrected chi connectivity index (χ2v) is 3.04. The lowest BCUT2D eigenvalue weighted by Crippen LogP contribution is -2.12. The van der Waals surface area contributed by atoms with Gasteiger partial charge in [-0.2, -0.15) is 0 Å². The molecule has 0 aliphatic carbocycles. The van der Waals surface area contributed by atoms with Crippen molar-refractivity contribution >= 4 is 17.9 Å². The maximum atomic E-state index is 10.9. The smallest absolute Gasteiger partial charge is 0.314 e. The number of hydrogen-bond donors (Lipinski definition) is 1. The summed E-state index contributed by atoms with van der Waals surface area (Å²) in [5.41, 5.74) is 0. The van der Waals surface area contributed by atoms with Crippen LogP contribution in [0.1, 0.15) is 26.2 Å². The topological polar surface area (TPSA) is 89.9 Å². The molecular formula is C10H14O6. The summed E-state index contributed by atoms with van der Waals surface area (Å²) in [6.07, 6.45) is -0.564. The number of carboxylic acid groups (broad SMARTS) is 1. The van der Waals surface area contributed by atoms with Gasteiger partial charge in [0.25, 0.3) is 0 Å². The van der Waals surface area contributed by atoms with E-state index in [9.17, 15) is 14.4 Å². The SMILES string of the molecule is C=C(C)OC(=O)CCOC(=O)CCC(=O)O. The molecule has 0 aliphatic heterocycles. The van der Waals surface area contributed by atoms with Gasteiger partial charge in [-0.25, -0.2) is 0 Å². The molecule has 0 spiro atoms. The highest BCUT2D eigenvalue weighted by molar-refractivity contribution is 5.77. The highest BCUT2D eigenvalue weighted by Crippen LogP contribution is 1.98. The van der Waals surface area contributed by atoms with Crippen LogP contribution >= 0.6 is 0 Å². The van der Waals surface area contributed by atoms with E-state index in [0.717, 1.165) is 0 Å². The summed E-state index contributed by atoms with van der Waals surface area (Å²) in [5, 5.41) is 8.28. The van der Waals surface area contributed by atoms with Crippen LogP contribution in [0.5, 0.6) is 0 Å². The number of carboxylic acids is 1. The van der Waals surface area contributed by atoms with Crippen molar-refractivity contribution in [2.24, 2.45) is 0 Å². The third-order valence-electron chi connectivity index (χ3n) is 1.40. The molecule has 0 aromatic heterocycles. The second kappa shape index (κ2) is 7.44. The van der Waals surface area contributed by atoms with Gasteiger partial charge < -0.3 is 14.6 Å². The molecular weight excluding hydrogens is 216 g/mol. The molecule has 0 amide bonds. The van der Waals surface area contributed by atoms with Crippen molar-refractivity contribution in [1.29, 1.82) is 0 Å². The lowest BCUT2D eigenvalue weighted by atomic mass is 10.3. The van der Waals surface area contributed by atoms with Crippen molar-refractivity contribution in [1.82, 2.24) is 0 Å². The number of carbonyl (C=O) groups excluding carboxylic acids is 2. The van der Waals surface area contributed by atoms with Crippen molar-refractivity contribution in [2.45, 2.75) is 26.2 Å². The van der Waals surface area contributed by atoms with Gasteiger partial charge in [0.2, 0.25) is 0 Å². The fraction of sp³-hybridized carbons (Fsp3) is 0.500. The zero-order chi connectivity index (χ0) is 12.6. The molecule has 0 unspecified atom stereocenters. The summed E-state index contributed by atoms with van der Waals surface area (Å²) < 4.78 is 9.22. The number of allylic oxidation sites excluding steroid dienone is 1. The van der Waals surface area contributed by atoms with Gasteiger partial charge in [0.05, 0.1) is 25.0 Å². The van der Waals surface area contributed by atoms with Gasteiger partial charge in [0.1, 0.15) is 6.61 Å². The molecule has 0 aliphatic rings. The molecule has 0 bridgehead atoms. The summed E-state index contributed by atoms with van der Waals surface area (Å²) >= 11 is 0. The standard InChI is InChI=1S/C10H14O6/c1-7(2)16-10(14)5-6-15-9(13)4-3-8(11)12/h1,3-6H2,2H3,(H,11,12). The third-order valence-corrected chi connectivity index (χ3v) is 1.40. The first-order chi connectivity index (χ1) is 7.41. The molecule has 0 fully saturated rings. The zero-order valence-electron chi connectivity index (χ0n) is 9.02. The van der Waals surface area contributed by atoms with Crippen LogP contribution in [0.15, 0.2) is 12.3 Å². The average Bonchev–Trinajstić information content (AvgIpc) is 2.13. The molecule has 6 nitrogen and oxygen atoms in total. The van der Waals surface area contributed by atoms with Gasteiger partial charge in [-0.1, -0.05) is 6.58 Å². The van der Waals surface area contributed by atoms with E-state index in [2.05, 4.69) is 16.1 Å². The van der Waals surface area contributed by atoms with Crippen LogP contribution in [0.2, 0.25) is 0 Å². The molecule has 90 valence electrons. The van der Waals surface area contributed by atoms with Gasteiger partial charge in [0.15, 0.2) is 0 Å². The predicted molar refractivity (Wildman–Crippen MR) is 53.4 cm³/mol. The van der Waals surface area contributed by atoms with Crippen molar-refractivity contribution in [3.63, 3.8) is 0 Å². The van der Waals surface area contributed by atoms with Crippen LogP contribution in [-0.2, 0) is 23.9 Å². The lowest BCUT2D eigenvalue weighted by molar-refractivity contribution is -0.150. The average molecular weight is 230 g/mol. The van der Waals surface area contributed by atoms with Gasteiger partial charge >= 0.3 is 17.9 Å². The van der Waals surface area contributed by atoms with Crippen LogP contribution in [0.25, 0.3) is 0 Å². The van der Waals surface area contributed by atoms with Crippen molar-refractivity contribution in [3.05, 3.63) is 12.3 Å². The molecule has 0 saturated carbocycles. The molecule has 1 N–H and O–H groups in total. The summed E-state index contributed by atoms with van der Waals surface area (Å²) in [6, 6.07) is 0. The van der Waals surface area contributed by atoms with E-state index >= 15 is 0 Å². The van der Waals surface area contributed by atoms with Crippen LogP contribution in [-0.4, -0.2) is 29.6 Å². The highest BCUT2D eigenvalue weighted by Gasteiger charge is 2.08. The fourth-order valence-electron chi connectivity index (χ4n) is 0.775. The summed E-state index contributed by atoms with van der Waals surface area (Å²) in [6.45, 7) is 4.78. The molecule has 0 atom stereocenters. The van der Waals surface area contributed by atoms with Gasteiger partial charge in [-0.15, -0.1) is 0 Å². The van der Waals surface area contributed by atoms with E-state index in [1.54, 1.807) is 0 Å². The Morgan fingerprint density at radius 1 is 1.12 bits per heavy atom. The van der Waals surface area contributed by atoms with Crippen LogP contribution in [0, 0.1) is 0 Å². The largest absolute Gasteiger partial charge is 0.481 e. The number of esters is 2. The van der Waals surface area contributed by atoms with Crippen molar-refractivity contribution < 1.29 is 29.0 Å². The molecule has 0 radical (unpaired) electrons. The van der Waals surface area contributed by atoms with Gasteiger partial charge in [-0.3, -0.25) is 14.4 Å². The van der Waals surface area contributed by atoms with E-state index in [1.165, 1.54) is 6.92 Å². The minimum absolute atomic E-state index is 0.0777. The molecule has 0 saturated heterocycles. The Morgan fingerprint density at radius 2 is 1.75 bits per heavy atom. The second-order valence-electron chi connectivity index (χ2n) is 3.04. The first-order valence-corrected chi connectivity index (χ1v) is 4.65.